The van der Waals surface area contributed by atoms with Crippen molar-refractivity contribution in [1.29, 1.82) is 0 Å². The number of aliphatic hydroxyl groups is 1. The first kappa shape index (κ1) is 7.91. The Morgan fingerprint density at radius 1 is 1.73 bits per heavy atom. The number of alkyl halides is 1. The summed E-state index contributed by atoms with van der Waals surface area (Å²) in [5, 5.41) is 8.82. The SMILES string of the molecule is O=CC1=C(F)C(F)CC=C1O. The van der Waals surface area contributed by atoms with Crippen molar-refractivity contribution in [3.05, 3.63) is 23.2 Å². The lowest BCUT2D eigenvalue weighted by Gasteiger charge is -2.11. The minimum absolute atomic E-state index is 0.104. The Morgan fingerprint density at radius 3 is 2.82 bits per heavy atom. The number of aliphatic hydroxyl groups excluding tert-OH is 1. The lowest BCUT2D eigenvalue weighted by atomic mass is 10.0. The van der Waals surface area contributed by atoms with Crippen molar-refractivity contribution in [3.8, 4) is 0 Å². The highest BCUT2D eigenvalue weighted by atomic mass is 19.2. The largest absolute Gasteiger partial charge is 0.507 e. The van der Waals surface area contributed by atoms with Crippen LogP contribution in [0.2, 0.25) is 0 Å². The van der Waals surface area contributed by atoms with Gasteiger partial charge in [-0.2, -0.15) is 0 Å². The normalized spacial score (nSPS) is 24.9. The second kappa shape index (κ2) is 2.82. The molecule has 0 aliphatic heterocycles. The van der Waals surface area contributed by atoms with Crippen molar-refractivity contribution < 1.29 is 18.7 Å². The maximum Gasteiger partial charge on any atom is 0.156 e. The fraction of sp³-hybridized carbons (Fsp3) is 0.286. The van der Waals surface area contributed by atoms with Crippen LogP contribution in [-0.2, 0) is 4.79 Å². The Kier molecular flexibility index (Phi) is 2.03. The molecule has 1 N–H and O–H groups in total. The third-order valence-corrected chi connectivity index (χ3v) is 1.44. The maximum atomic E-state index is 12.6. The van der Waals surface area contributed by atoms with Crippen LogP contribution in [0.25, 0.3) is 0 Å². The van der Waals surface area contributed by atoms with Gasteiger partial charge in [0.1, 0.15) is 11.6 Å². The summed E-state index contributed by atoms with van der Waals surface area (Å²) in [6.45, 7) is 0. The van der Waals surface area contributed by atoms with E-state index in [4.69, 9.17) is 5.11 Å². The van der Waals surface area contributed by atoms with E-state index in [1.165, 1.54) is 0 Å². The topological polar surface area (TPSA) is 37.3 Å². The molecule has 0 aromatic rings. The van der Waals surface area contributed by atoms with Gasteiger partial charge in [0.15, 0.2) is 12.5 Å². The van der Waals surface area contributed by atoms with Crippen molar-refractivity contribution in [2.24, 2.45) is 0 Å². The van der Waals surface area contributed by atoms with Crippen LogP contribution in [0.3, 0.4) is 0 Å². The first-order valence-electron chi connectivity index (χ1n) is 3.05. The Bertz CT molecular complexity index is 243. The molecule has 0 fully saturated rings. The van der Waals surface area contributed by atoms with E-state index in [0.717, 1.165) is 6.08 Å². The summed E-state index contributed by atoms with van der Waals surface area (Å²) in [5.74, 6) is -1.66. The fourth-order valence-electron chi connectivity index (χ4n) is 0.836. The Morgan fingerprint density at radius 2 is 2.36 bits per heavy atom. The van der Waals surface area contributed by atoms with E-state index in [-0.39, 0.29) is 12.7 Å². The van der Waals surface area contributed by atoms with Crippen LogP contribution in [-0.4, -0.2) is 17.6 Å². The van der Waals surface area contributed by atoms with Gasteiger partial charge in [0.25, 0.3) is 0 Å². The molecule has 4 heteroatoms. The third-order valence-electron chi connectivity index (χ3n) is 1.44. The van der Waals surface area contributed by atoms with Gasteiger partial charge in [0.2, 0.25) is 0 Å². The molecule has 0 spiro atoms. The minimum Gasteiger partial charge on any atom is -0.507 e. The molecule has 1 unspecified atom stereocenters. The van der Waals surface area contributed by atoms with Crippen LogP contribution in [0.4, 0.5) is 8.78 Å². The second-order valence-corrected chi connectivity index (χ2v) is 2.17. The highest BCUT2D eigenvalue weighted by Crippen LogP contribution is 2.25. The number of carbonyl (C=O) groups is 1. The quantitative estimate of drug-likeness (QED) is 0.591. The van der Waals surface area contributed by atoms with Crippen LogP contribution in [0, 0.1) is 0 Å². The van der Waals surface area contributed by atoms with E-state index in [9.17, 15) is 13.6 Å². The summed E-state index contributed by atoms with van der Waals surface area (Å²) >= 11 is 0. The number of aldehydes is 1. The molecule has 0 aromatic heterocycles. The molecule has 60 valence electrons. The Hall–Kier alpha value is -1.19. The molecule has 2 nitrogen and oxygen atoms in total. The van der Waals surface area contributed by atoms with Gasteiger partial charge in [-0.1, -0.05) is 0 Å². The zero-order valence-electron chi connectivity index (χ0n) is 5.55. The van der Waals surface area contributed by atoms with E-state index >= 15 is 0 Å². The first-order chi connectivity index (χ1) is 5.16. The molecule has 0 amide bonds. The number of rotatable bonds is 1. The molecular formula is C7H6F2O2. The minimum atomic E-state index is -1.79. The second-order valence-electron chi connectivity index (χ2n) is 2.17. The number of hydrogen-bond acceptors (Lipinski definition) is 2. The van der Waals surface area contributed by atoms with Crippen molar-refractivity contribution in [1.82, 2.24) is 0 Å². The van der Waals surface area contributed by atoms with Crippen molar-refractivity contribution in [3.63, 3.8) is 0 Å². The van der Waals surface area contributed by atoms with Crippen LogP contribution < -0.4 is 0 Å². The van der Waals surface area contributed by atoms with E-state index in [1.54, 1.807) is 0 Å². The lowest BCUT2D eigenvalue weighted by molar-refractivity contribution is -0.105. The van der Waals surface area contributed by atoms with Crippen molar-refractivity contribution in [2.75, 3.05) is 0 Å². The first-order valence-corrected chi connectivity index (χ1v) is 3.05. The summed E-state index contributed by atoms with van der Waals surface area (Å²) in [6, 6.07) is 0. The van der Waals surface area contributed by atoms with Gasteiger partial charge in [0, 0.05) is 6.42 Å². The highest BCUT2D eigenvalue weighted by molar-refractivity contribution is 5.80. The molecular weight excluding hydrogens is 154 g/mol. The van der Waals surface area contributed by atoms with Gasteiger partial charge in [-0.05, 0) is 6.08 Å². The van der Waals surface area contributed by atoms with E-state index < -0.39 is 23.3 Å². The van der Waals surface area contributed by atoms with Gasteiger partial charge in [-0.25, -0.2) is 8.78 Å². The smallest absolute Gasteiger partial charge is 0.156 e. The molecule has 0 saturated carbocycles. The standard InChI is InChI=1S/C7H6F2O2/c8-5-1-2-6(11)4(3-10)7(5)9/h2-3,5,11H,1H2. The van der Waals surface area contributed by atoms with Crippen LogP contribution in [0.1, 0.15) is 6.42 Å². The monoisotopic (exact) mass is 160 g/mol. The van der Waals surface area contributed by atoms with Crippen molar-refractivity contribution in [2.45, 2.75) is 12.6 Å². The molecule has 0 radical (unpaired) electrons. The van der Waals surface area contributed by atoms with Crippen LogP contribution in [0.15, 0.2) is 23.2 Å². The number of carbonyl (C=O) groups excluding carboxylic acids is 1. The summed E-state index contributed by atoms with van der Waals surface area (Å²) in [6.07, 6.45) is -0.814. The fourth-order valence-corrected chi connectivity index (χ4v) is 0.836. The lowest BCUT2D eigenvalue weighted by Crippen LogP contribution is -2.10. The molecule has 1 aliphatic carbocycles. The summed E-state index contributed by atoms with van der Waals surface area (Å²) in [4.78, 5) is 10.1. The Labute approximate surface area is 61.8 Å². The van der Waals surface area contributed by atoms with Gasteiger partial charge in [0.05, 0.1) is 5.57 Å². The van der Waals surface area contributed by atoms with E-state index in [1.807, 2.05) is 0 Å². The van der Waals surface area contributed by atoms with Gasteiger partial charge in [-0.15, -0.1) is 0 Å². The zero-order chi connectivity index (χ0) is 8.43. The summed E-state index contributed by atoms with van der Waals surface area (Å²) in [5.41, 5.74) is -0.580. The summed E-state index contributed by atoms with van der Waals surface area (Å²) in [7, 11) is 0. The van der Waals surface area contributed by atoms with E-state index in [0.29, 0.717) is 0 Å². The molecule has 0 heterocycles. The van der Waals surface area contributed by atoms with Crippen molar-refractivity contribution >= 4 is 6.29 Å². The van der Waals surface area contributed by atoms with Gasteiger partial charge >= 0.3 is 0 Å². The number of halogens is 2. The molecule has 0 bridgehead atoms. The number of hydrogen-bond donors (Lipinski definition) is 1. The molecule has 11 heavy (non-hydrogen) atoms. The molecule has 1 aliphatic rings. The average molecular weight is 160 g/mol. The van der Waals surface area contributed by atoms with E-state index in [2.05, 4.69) is 0 Å². The average Bonchev–Trinajstić information content (AvgIpc) is 1.99. The molecule has 0 aromatic carbocycles. The highest BCUT2D eigenvalue weighted by Gasteiger charge is 2.23. The predicted octanol–water partition coefficient (Wildman–Crippen LogP) is 1.59. The zero-order valence-corrected chi connectivity index (χ0v) is 5.55. The van der Waals surface area contributed by atoms with Gasteiger partial charge in [-0.3, -0.25) is 4.79 Å². The maximum absolute atomic E-state index is 12.6. The molecule has 1 atom stereocenters. The van der Waals surface area contributed by atoms with Crippen LogP contribution in [0.5, 0.6) is 0 Å². The van der Waals surface area contributed by atoms with Gasteiger partial charge < -0.3 is 5.11 Å². The third kappa shape index (κ3) is 1.29. The predicted molar refractivity (Wildman–Crippen MR) is 34.4 cm³/mol. The molecule has 1 rings (SSSR count). The molecule has 0 saturated heterocycles. The van der Waals surface area contributed by atoms with Crippen LogP contribution >= 0.6 is 0 Å². The number of allylic oxidation sites excluding steroid dienone is 3. The Balaban J connectivity index is 3.05. The summed E-state index contributed by atoms with van der Waals surface area (Å²) < 4.78 is 25.0.